The standard InChI is InChI=1S/C14H22ClN3/c1-14(2,16)11-17-6-8-18(9-7-17)13-5-3-4-12(15)10-13/h3-5,10H,6-9,11,16H2,1-2H3. The zero-order valence-electron chi connectivity index (χ0n) is 11.2. The van der Waals surface area contributed by atoms with Crippen molar-refractivity contribution in [2.24, 2.45) is 5.73 Å². The molecule has 1 aliphatic heterocycles. The molecular weight excluding hydrogens is 246 g/mol. The summed E-state index contributed by atoms with van der Waals surface area (Å²) >= 11 is 6.03. The van der Waals surface area contributed by atoms with Crippen LogP contribution in [0.5, 0.6) is 0 Å². The fraction of sp³-hybridized carbons (Fsp3) is 0.571. The summed E-state index contributed by atoms with van der Waals surface area (Å²) in [5, 5.41) is 0.804. The van der Waals surface area contributed by atoms with Crippen LogP contribution in [0.15, 0.2) is 24.3 Å². The molecule has 1 aromatic carbocycles. The van der Waals surface area contributed by atoms with Gasteiger partial charge in [0.1, 0.15) is 0 Å². The summed E-state index contributed by atoms with van der Waals surface area (Å²) in [6, 6.07) is 8.07. The number of hydrogen-bond acceptors (Lipinski definition) is 3. The van der Waals surface area contributed by atoms with Gasteiger partial charge in [-0.2, -0.15) is 0 Å². The maximum atomic E-state index is 6.06. The molecule has 3 nitrogen and oxygen atoms in total. The molecule has 0 radical (unpaired) electrons. The van der Waals surface area contributed by atoms with Gasteiger partial charge in [-0.15, -0.1) is 0 Å². The third kappa shape index (κ3) is 3.87. The van der Waals surface area contributed by atoms with Crippen molar-refractivity contribution >= 4 is 17.3 Å². The molecule has 0 unspecified atom stereocenters. The first-order valence-corrected chi connectivity index (χ1v) is 6.84. The van der Waals surface area contributed by atoms with E-state index in [0.717, 1.165) is 37.7 Å². The van der Waals surface area contributed by atoms with Gasteiger partial charge in [0.2, 0.25) is 0 Å². The van der Waals surface area contributed by atoms with Crippen LogP contribution in [0.2, 0.25) is 5.02 Å². The molecule has 0 amide bonds. The third-order valence-electron chi connectivity index (χ3n) is 3.18. The molecule has 2 rings (SSSR count). The Morgan fingerprint density at radius 2 is 1.89 bits per heavy atom. The molecule has 1 heterocycles. The van der Waals surface area contributed by atoms with Crippen molar-refractivity contribution in [1.29, 1.82) is 0 Å². The van der Waals surface area contributed by atoms with E-state index in [9.17, 15) is 0 Å². The van der Waals surface area contributed by atoms with Gasteiger partial charge in [0.05, 0.1) is 0 Å². The summed E-state index contributed by atoms with van der Waals surface area (Å²) in [6.45, 7) is 9.32. The first-order chi connectivity index (χ1) is 8.44. The van der Waals surface area contributed by atoms with E-state index in [2.05, 4.69) is 29.7 Å². The molecule has 0 bridgehead atoms. The molecule has 1 aromatic rings. The highest BCUT2D eigenvalue weighted by Crippen LogP contribution is 2.21. The SMILES string of the molecule is CC(C)(N)CN1CCN(c2cccc(Cl)c2)CC1. The van der Waals surface area contributed by atoms with Gasteiger partial charge in [-0.05, 0) is 32.0 Å². The van der Waals surface area contributed by atoms with Gasteiger partial charge in [-0.1, -0.05) is 17.7 Å². The van der Waals surface area contributed by atoms with Crippen LogP contribution >= 0.6 is 11.6 Å². The first-order valence-electron chi connectivity index (χ1n) is 6.46. The minimum atomic E-state index is -0.113. The van der Waals surface area contributed by atoms with Crippen LogP contribution in [-0.4, -0.2) is 43.2 Å². The van der Waals surface area contributed by atoms with E-state index >= 15 is 0 Å². The highest BCUT2D eigenvalue weighted by atomic mass is 35.5. The number of hydrogen-bond donors (Lipinski definition) is 1. The van der Waals surface area contributed by atoms with E-state index in [-0.39, 0.29) is 5.54 Å². The van der Waals surface area contributed by atoms with Crippen molar-refractivity contribution in [3.05, 3.63) is 29.3 Å². The smallest absolute Gasteiger partial charge is 0.0426 e. The first kappa shape index (κ1) is 13.7. The lowest BCUT2D eigenvalue weighted by Crippen LogP contribution is -2.53. The third-order valence-corrected chi connectivity index (χ3v) is 3.41. The van der Waals surface area contributed by atoms with Gasteiger partial charge in [0.15, 0.2) is 0 Å². The van der Waals surface area contributed by atoms with Crippen LogP contribution < -0.4 is 10.6 Å². The van der Waals surface area contributed by atoms with Gasteiger partial charge >= 0.3 is 0 Å². The van der Waals surface area contributed by atoms with Crippen LogP contribution in [0.3, 0.4) is 0 Å². The van der Waals surface area contributed by atoms with E-state index in [0.29, 0.717) is 0 Å². The molecule has 0 aliphatic carbocycles. The average Bonchev–Trinajstić information content (AvgIpc) is 2.28. The Balaban J connectivity index is 1.91. The lowest BCUT2D eigenvalue weighted by atomic mass is 10.1. The van der Waals surface area contributed by atoms with E-state index in [4.69, 9.17) is 17.3 Å². The topological polar surface area (TPSA) is 32.5 Å². The van der Waals surface area contributed by atoms with Crippen molar-refractivity contribution in [2.45, 2.75) is 19.4 Å². The Hall–Kier alpha value is -0.770. The summed E-state index contributed by atoms with van der Waals surface area (Å²) in [5.41, 5.74) is 7.16. The zero-order chi connectivity index (χ0) is 13.2. The predicted molar refractivity (Wildman–Crippen MR) is 78.4 cm³/mol. The summed E-state index contributed by atoms with van der Waals surface area (Å²) in [5.74, 6) is 0. The maximum absolute atomic E-state index is 6.06. The second-order valence-electron chi connectivity index (χ2n) is 5.73. The summed E-state index contributed by atoms with van der Waals surface area (Å²) in [7, 11) is 0. The average molecular weight is 268 g/mol. The van der Waals surface area contributed by atoms with Crippen molar-refractivity contribution in [2.75, 3.05) is 37.6 Å². The number of piperazine rings is 1. The molecular formula is C14H22ClN3. The van der Waals surface area contributed by atoms with Crippen LogP contribution in [0.4, 0.5) is 5.69 Å². The Kier molecular flexibility index (Phi) is 4.15. The molecule has 0 atom stereocenters. The number of benzene rings is 1. The van der Waals surface area contributed by atoms with Crippen molar-refractivity contribution in [3.8, 4) is 0 Å². The molecule has 0 spiro atoms. The summed E-state index contributed by atoms with van der Waals surface area (Å²) in [4.78, 5) is 4.81. The maximum Gasteiger partial charge on any atom is 0.0426 e. The highest BCUT2D eigenvalue weighted by molar-refractivity contribution is 6.30. The molecule has 1 fully saturated rings. The van der Waals surface area contributed by atoms with Gasteiger partial charge in [-0.3, -0.25) is 4.90 Å². The van der Waals surface area contributed by atoms with Crippen LogP contribution in [0.25, 0.3) is 0 Å². The number of nitrogens with two attached hydrogens (primary N) is 1. The van der Waals surface area contributed by atoms with Gasteiger partial charge < -0.3 is 10.6 Å². The van der Waals surface area contributed by atoms with Crippen molar-refractivity contribution in [1.82, 2.24) is 4.90 Å². The predicted octanol–water partition coefficient (Wildman–Crippen LogP) is 2.20. The van der Waals surface area contributed by atoms with E-state index in [1.165, 1.54) is 5.69 Å². The number of nitrogens with zero attached hydrogens (tertiary/aromatic N) is 2. The van der Waals surface area contributed by atoms with Gasteiger partial charge in [-0.25, -0.2) is 0 Å². The largest absolute Gasteiger partial charge is 0.369 e. The highest BCUT2D eigenvalue weighted by Gasteiger charge is 2.21. The normalized spacial score (nSPS) is 18.1. The minimum absolute atomic E-state index is 0.113. The number of anilines is 1. The Morgan fingerprint density at radius 1 is 1.22 bits per heavy atom. The van der Waals surface area contributed by atoms with Gasteiger partial charge in [0, 0.05) is 49.0 Å². The zero-order valence-corrected chi connectivity index (χ0v) is 12.0. The minimum Gasteiger partial charge on any atom is -0.369 e. The van der Waals surface area contributed by atoms with Crippen molar-refractivity contribution < 1.29 is 0 Å². The van der Waals surface area contributed by atoms with Crippen LogP contribution in [0, 0.1) is 0 Å². The molecule has 0 aromatic heterocycles. The molecule has 4 heteroatoms. The number of halogens is 1. The summed E-state index contributed by atoms with van der Waals surface area (Å²) < 4.78 is 0. The van der Waals surface area contributed by atoms with Crippen molar-refractivity contribution in [3.63, 3.8) is 0 Å². The van der Waals surface area contributed by atoms with E-state index < -0.39 is 0 Å². The molecule has 0 saturated carbocycles. The molecule has 1 saturated heterocycles. The quantitative estimate of drug-likeness (QED) is 0.911. The second kappa shape index (κ2) is 5.47. The van der Waals surface area contributed by atoms with Crippen LogP contribution in [-0.2, 0) is 0 Å². The number of rotatable bonds is 3. The Bertz CT molecular complexity index is 392. The van der Waals surface area contributed by atoms with Crippen LogP contribution in [0.1, 0.15) is 13.8 Å². The van der Waals surface area contributed by atoms with E-state index in [1.54, 1.807) is 0 Å². The van der Waals surface area contributed by atoms with Gasteiger partial charge in [0.25, 0.3) is 0 Å². The Morgan fingerprint density at radius 3 is 2.44 bits per heavy atom. The molecule has 100 valence electrons. The fourth-order valence-corrected chi connectivity index (χ4v) is 2.60. The molecule has 2 N–H and O–H groups in total. The molecule has 1 aliphatic rings. The fourth-order valence-electron chi connectivity index (χ4n) is 2.41. The Labute approximate surface area is 115 Å². The lowest BCUT2D eigenvalue weighted by molar-refractivity contribution is 0.214. The monoisotopic (exact) mass is 267 g/mol. The second-order valence-corrected chi connectivity index (χ2v) is 6.17. The summed E-state index contributed by atoms with van der Waals surface area (Å²) in [6.07, 6.45) is 0. The molecule has 18 heavy (non-hydrogen) atoms. The van der Waals surface area contributed by atoms with E-state index in [1.807, 2.05) is 18.2 Å². The lowest BCUT2D eigenvalue weighted by Gasteiger charge is -2.38.